The van der Waals surface area contributed by atoms with E-state index in [1.54, 1.807) is 0 Å². The van der Waals surface area contributed by atoms with Gasteiger partial charge in [-0.25, -0.2) is 9.98 Å². The Morgan fingerprint density at radius 3 is 1.71 bits per heavy atom. The Kier molecular flexibility index (Phi) is 3.13. The average molecular weight is 228 g/mol. The number of isothiocyanates is 2. The Bertz CT molecular complexity index is 291. The van der Waals surface area contributed by atoms with Crippen molar-refractivity contribution in [3.05, 3.63) is 0 Å². The predicted molar refractivity (Wildman–Crippen MR) is 57.1 cm³/mol. The zero-order valence-electron chi connectivity index (χ0n) is 7.25. The highest BCUT2D eigenvalue weighted by molar-refractivity contribution is 7.78. The van der Waals surface area contributed by atoms with Crippen molar-refractivity contribution in [2.75, 3.05) is 13.2 Å². The van der Waals surface area contributed by atoms with E-state index in [9.17, 15) is 0 Å². The van der Waals surface area contributed by atoms with E-state index in [4.69, 9.17) is 9.47 Å². The second-order valence-corrected chi connectivity index (χ2v) is 3.54. The highest BCUT2D eigenvalue weighted by atomic mass is 32.1. The second-order valence-electron chi connectivity index (χ2n) is 3.17. The van der Waals surface area contributed by atoms with Crippen molar-refractivity contribution in [3.8, 4) is 0 Å². The van der Waals surface area contributed by atoms with Gasteiger partial charge in [0, 0.05) is 0 Å². The Labute approximate surface area is 92.0 Å². The third kappa shape index (κ3) is 1.68. The van der Waals surface area contributed by atoms with Crippen LogP contribution in [0.15, 0.2) is 9.98 Å². The van der Waals surface area contributed by atoms with E-state index in [-0.39, 0.29) is 24.3 Å². The van der Waals surface area contributed by atoms with Crippen LogP contribution in [0.4, 0.5) is 0 Å². The molecular formula is C8H8N2O2S2. The van der Waals surface area contributed by atoms with Gasteiger partial charge in [0.15, 0.2) is 0 Å². The molecule has 0 bridgehead atoms. The SMILES string of the molecule is S=C=N[C@H]1CO[C@H]2[C@@H]1OC[C@@H]2N=C=S. The molecule has 14 heavy (non-hydrogen) atoms. The summed E-state index contributed by atoms with van der Waals surface area (Å²) in [6.45, 7) is 1.03. The monoisotopic (exact) mass is 228 g/mol. The van der Waals surface area contributed by atoms with E-state index in [0.29, 0.717) is 13.2 Å². The first-order valence-electron chi connectivity index (χ1n) is 4.24. The van der Waals surface area contributed by atoms with E-state index < -0.39 is 0 Å². The van der Waals surface area contributed by atoms with Gasteiger partial charge in [0.1, 0.15) is 24.3 Å². The van der Waals surface area contributed by atoms with Crippen LogP contribution in [0.2, 0.25) is 0 Å². The summed E-state index contributed by atoms with van der Waals surface area (Å²) < 4.78 is 11.0. The lowest BCUT2D eigenvalue weighted by Gasteiger charge is -2.10. The van der Waals surface area contributed by atoms with E-state index in [2.05, 4.69) is 44.7 Å². The van der Waals surface area contributed by atoms with E-state index >= 15 is 0 Å². The summed E-state index contributed by atoms with van der Waals surface area (Å²) >= 11 is 9.10. The Morgan fingerprint density at radius 2 is 1.36 bits per heavy atom. The third-order valence-corrected chi connectivity index (χ3v) is 2.65. The summed E-state index contributed by atoms with van der Waals surface area (Å²) in [6.07, 6.45) is -0.106. The number of thiocarbonyl (C=S) groups is 2. The molecule has 2 aliphatic rings. The molecule has 74 valence electrons. The fraction of sp³-hybridized carbons (Fsp3) is 0.750. The van der Waals surface area contributed by atoms with Gasteiger partial charge in [0.05, 0.1) is 23.5 Å². The minimum atomic E-state index is -0.0532. The fourth-order valence-electron chi connectivity index (χ4n) is 1.82. The van der Waals surface area contributed by atoms with Crippen LogP contribution in [0, 0.1) is 0 Å². The summed E-state index contributed by atoms with van der Waals surface area (Å²) in [7, 11) is 0. The lowest BCUT2D eigenvalue weighted by molar-refractivity contribution is 0.0694. The zero-order chi connectivity index (χ0) is 9.97. The van der Waals surface area contributed by atoms with Crippen molar-refractivity contribution < 1.29 is 9.47 Å². The van der Waals surface area contributed by atoms with Gasteiger partial charge in [-0.05, 0) is 24.4 Å². The van der Waals surface area contributed by atoms with Crippen LogP contribution in [-0.4, -0.2) is 47.8 Å². The summed E-state index contributed by atoms with van der Waals surface area (Å²) in [6, 6.07) is -0.0781. The number of hydrogen-bond acceptors (Lipinski definition) is 6. The molecule has 2 rings (SSSR count). The van der Waals surface area contributed by atoms with Gasteiger partial charge in [0.25, 0.3) is 0 Å². The molecule has 0 aromatic rings. The topological polar surface area (TPSA) is 43.2 Å². The van der Waals surface area contributed by atoms with Gasteiger partial charge >= 0.3 is 0 Å². The molecule has 6 heteroatoms. The molecule has 0 radical (unpaired) electrons. The van der Waals surface area contributed by atoms with Crippen molar-refractivity contribution in [1.82, 2.24) is 0 Å². The highest BCUT2D eigenvalue weighted by Crippen LogP contribution is 2.30. The lowest BCUT2D eigenvalue weighted by Crippen LogP contribution is -2.29. The van der Waals surface area contributed by atoms with Crippen LogP contribution >= 0.6 is 24.4 Å². The molecule has 0 aromatic heterocycles. The first-order chi connectivity index (χ1) is 6.86. The van der Waals surface area contributed by atoms with Gasteiger partial charge in [0.2, 0.25) is 0 Å². The molecule has 2 saturated heterocycles. The number of fused-ring (bicyclic) bond motifs is 1. The van der Waals surface area contributed by atoms with Gasteiger partial charge in [-0.15, -0.1) is 0 Å². The third-order valence-electron chi connectivity index (χ3n) is 2.44. The summed E-state index contributed by atoms with van der Waals surface area (Å²) in [5.41, 5.74) is 0. The van der Waals surface area contributed by atoms with Crippen molar-refractivity contribution >= 4 is 34.8 Å². The zero-order valence-corrected chi connectivity index (χ0v) is 8.88. The van der Waals surface area contributed by atoms with Crippen LogP contribution < -0.4 is 0 Å². The first kappa shape index (κ1) is 10.1. The molecule has 0 unspecified atom stereocenters. The van der Waals surface area contributed by atoms with Crippen LogP contribution in [0.25, 0.3) is 0 Å². The minimum absolute atomic E-state index is 0.0391. The summed E-state index contributed by atoms with van der Waals surface area (Å²) in [5, 5.41) is 4.70. The average Bonchev–Trinajstić information content (AvgIpc) is 2.72. The minimum Gasteiger partial charge on any atom is -0.371 e. The number of aliphatic imine (C=N–C) groups is 2. The maximum absolute atomic E-state index is 5.52. The highest BCUT2D eigenvalue weighted by Gasteiger charge is 2.47. The van der Waals surface area contributed by atoms with Crippen molar-refractivity contribution in [1.29, 1.82) is 0 Å². The second kappa shape index (κ2) is 4.36. The fourth-order valence-corrected chi connectivity index (χ4v) is 2.09. The Morgan fingerprint density at radius 1 is 0.929 bits per heavy atom. The number of rotatable bonds is 2. The van der Waals surface area contributed by atoms with Crippen molar-refractivity contribution in [2.24, 2.45) is 9.98 Å². The quantitative estimate of drug-likeness (QED) is 0.516. The summed E-state index contributed by atoms with van der Waals surface area (Å²) in [4.78, 5) is 7.98. The lowest BCUT2D eigenvalue weighted by atomic mass is 10.1. The van der Waals surface area contributed by atoms with Crippen LogP contribution in [0.3, 0.4) is 0 Å². The van der Waals surface area contributed by atoms with E-state index in [1.165, 1.54) is 0 Å². The number of nitrogens with zero attached hydrogens (tertiary/aromatic N) is 2. The van der Waals surface area contributed by atoms with Gasteiger partial charge in [-0.1, -0.05) is 0 Å². The maximum atomic E-state index is 5.52. The Hall–Kier alpha value is -0.480. The molecular weight excluding hydrogens is 220 g/mol. The molecule has 2 aliphatic heterocycles. The molecule has 0 aromatic carbocycles. The molecule has 0 N–H and O–H groups in total. The van der Waals surface area contributed by atoms with E-state index in [0.717, 1.165) is 0 Å². The van der Waals surface area contributed by atoms with Gasteiger partial charge in [-0.2, -0.15) is 0 Å². The maximum Gasteiger partial charge on any atom is 0.112 e. The van der Waals surface area contributed by atoms with Crippen LogP contribution in [-0.2, 0) is 9.47 Å². The molecule has 0 aliphatic carbocycles. The molecule has 0 saturated carbocycles. The molecule has 0 spiro atoms. The largest absolute Gasteiger partial charge is 0.371 e. The number of ether oxygens (including phenoxy) is 2. The molecule has 4 atom stereocenters. The summed E-state index contributed by atoms with van der Waals surface area (Å²) in [5.74, 6) is 0. The standard InChI is InChI=1S/C8H8N2O2S2/c13-3-9-5-1-11-8-6(10-4-14)2-12-7(5)8/h5-8H,1-2H2/t5-,6-,7+,8+/m0/s1. The van der Waals surface area contributed by atoms with Crippen molar-refractivity contribution in [2.45, 2.75) is 24.3 Å². The van der Waals surface area contributed by atoms with E-state index in [1.807, 2.05) is 0 Å². The molecule has 4 nitrogen and oxygen atoms in total. The normalized spacial score (nSPS) is 39.7. The van der Waals surface area contributed by atoms with Gasteiger partial charge < -0.3 is 9.47 Å². The smallest absolute Gasteiger partial charge is 0.112 e. The van der Waals surface area contributed by atoms with Gasteiger partial charge in [-0.3, -0.25) is 0 Å². The Balaban J connectivity index is 2.11. The molecule has 0 amide bonds. The predicted octanol–water partition coefficient (Wildman–Crippen LogP) is 0.727. The number of hydrogen-bond donors (Lipinski definition) is 0. The molecule has 2 fully saturated rings. The first-order valence-corrected chi connectivity index (χ1v) is 5.05. The van der Waals surface area contributed by atoms with Crippen LogP contribution in [0.5, 0.6) is 0 Å². The molecule has 2 heterocycles. The van der Waals surface area contributed by atoms with Crippen LogP contribution in [0.1, 0.15) is 0 Å². The van der Waals surface area contributed by atoms with Crippen molar-refractivity contribution in [3.63, 3.8) is 0 Å².